The van der Waals surface area contributed by atoms with Crippen LogP contribution in [0.5, 0.6) is 0 Å². The van der Waals surface area contributed by atoms with Crippen LogP contribution in [0.25, 0.3) is 0 Å². The lowest BCUT2D eigenvalue weighted by atomic mass is 10.4. The van der Waals surface area contributed by atoms with Crippen molar-refractivity contribution in [1.82, 2.24) is 9.03 Å². The molecule has 0 saturated carbocycles. The van der Waals surface area contributed by atoms with Crippen LogP contribution >= 0.6 is 23.9 Å². The molecular weight excluding hydrogens is 240 g/mol. The molecule has 0 unspecified atom stereocenters. The second-order valence-electron chi connectivity index (χ2n) is 3.41. The fraction of sp³-hybridized carbons (Fsp3) is 0.455. The number of morpholine rings is 1. The topological polar surface area (TPSA) is 24.5 Å². The van der Waals surface area contributed by atoms with Gasteiger partial charge in [0.25, 0.3) is 0 Å². The van der Waals surface area contributed by atoms with Crippen molar-refractivity contribution in [3.63, 3.8) is 0 Å². The van der Waals surface area contributed by atoms with Gasteiger partial charge < -0.3 is 4.74 Å². The smallest absolute Gasteiger partial charge is 0.0603 e. The summed E-state index contributed by atoms with van der Waals surface area (Å²) in [5.74, 6) is 0. The Kier molecular flexibility index (Phi) is 4.99. The van der Waals surface area contributed by atoms with Crippen molar-refractivity contribution in [1.29, 1.82) is 0 Å². The van der Waals surface area contributed by atoms with E-state index in [0.717, 1.165) is 26.3 Å². The van der Waals surface area contributed by atoms with Gasteiger partial charge in [0.05, 0.1) is 13.2 Å². The number of nitrogens with zero attached hydrogens (tertiary/aromatic N) is 1. The van der Waals surface area contributed by atoms with E-state index >= 15 is 0 Å². The Morgan fingerprint density at radius 2 is 1.75 bits per heavy atom. The Hall–Kier alpha value is -0.200. The maximum absolute atomic E-state index is 5.32. The highest BCUT2D eigenvalue weighted by Crippen LogP contribution is 2.25. The molecule has 1 aliphatic heterocycles. The molecule has 16 heavy (non-hydrogen) atoms. The lowest BCUT2D eigenvalue weighted by molar-refractivity contribution is 0.0773. The Morgan fingerprint density at radius 1 is 1.12 bits per heavy atom. The normalized spacial score (nSPS) is 17.6. The first-order valence-electron chi connectivity index (χ1n) is 5.33. The summed E-state index contributed by atoms with van der Waals surface area (Å²) < 4.78 is 10.7. The van der Waals surface area contributed by atoms with Crippen LogP contribution in [0.15, 0.2) is 34.1 Å². The van der Waals surface area contributed by atoms with Gasteiger partial charge in [0.15, 0.2) is 0 Å². The third-order valence-corrected chi connectivity index (χ3v) is 4.07. The summed E-state index contributed by atoms with van der Waals surface area (Å²) in [6.07, 6.45) is 0. The molecule has 0 spiro atoms. The van der Waals surface area contributed by atoms with Crippen molar-refractivity contribution in [2.45, 2.75) is 9.79 Å². The maximum Gasteiger partial charge on any atom is 0.0603 e. The first kappa shape index (κ1) is 12.3. The fourth-order valence-corrected chi connectivity index (χ4v) is 2.87. The largest absolute Gasteiger partial charge is 0.379 e. The highest BCUT2D eigenvalue weighted by Gasteiger charge is 2.11. The van der Waals surface area contributed by atoms with Crippen molar-refractivity contribution >= 4 is 23.9 Å². The second kappa shape index (κ2) is 6.51. The molecular formula is C11H16N2OS2. The van der Waals surface area contributed by atoms with Gasteiger partial charge in [0.2, 0.25) is 0 Å². The zero-order chi connectivity index (χ0) is 11.2. The van der Waals surface area contributed by atoms with Crippen LogP contribution < -0.4 is 4.72 Å². The molecule has 3 nitrogen and oxygen atoms in total. The van der Waals surface area contributed by atoms with Crippen LogP contribution in [0.1, 0.15) is 0 Å². The van der Waals surface area contributed by atoms with Crippen molar-refractivity contribution < 1.29 is 4.74 Å². The minimum absolute atomic E-state index is 0.848. The molecule has 1 aromatic carbocycles. The molecule has 5 heteroatoms. The Labute approximate surface area is 105 Å². The van der Waals surface area contributed by atoms with E-state index in [1.54, 1.807) is 11.9 Å². The van der Waals surface area contributed by atoms with Crippen LogP contribution in [0.4, 0.5) is 0 Å². The van der Waals surface area contributed by atoms with Gasteiger partial charge in [-0.25, -0.2) is 4.31 Å². The Morgan fingerprint density at radius 3 is 2.38 bits per heavy atom. The molecule has 0 bridgehead atoms. The lowest BCUT2D eigenvalue weighted by Crippen LogP contribution is -2.30. The summed E-state index contributed by atoms with van der Waals surface area (Å²) in [5.41, 5.74) is 0. The van der Waals surface area contributed by atoms with E-state index < -0.39 is 0 Å². The SMILES string of the molecule is CNSc1ccc(SN2CCOCC2)cc1. The number of benzene rings is 1. The van der Waals surface area contributed by atoms with Crippen LogP contribution in [-0.4, -0.2) is 37.7 Å². The summed E-state index contributed by atoms with van der Waals surface area (Å²) in [5, 5.41) is 0. The Balaban J connectivity index is 1.88. The molecule has 88 valence electrons. The minimum Gasteiger partial charge on any atom is -0.379 e. The second-order valence-corrected chi connectivity index (χ2v) is 5.66. The Bertz CT molecular complexity index is 312. The van der Waals surface area contributed by atoms with Crippen LogP contribution in [0.2, 0.25) is 0 Å². The standard InChI is InChI=1S/C11H16N2OS2/c1-12-15-10-2-4-11(5-3-10)16-13-6-8-14-9-7-13/h2-5,12H,6-9H2,1H3. The van der Waals surface area contributed by atoms with Gasteiger partial charge in [0, 0.05) is 22.9 Å². The summed E-state index contributed by atoms with van der Waals surface area (Å²) in [6, 6.07) is 8.62. The molecule has 1 aliphatic rings. The number of hydrogen-bond acceptors (Lipinski definition) is 5. The van der Waals surface area contributed by atoms with E-state index in [9.17, 15) is 0 Å². The van der Waals surface area contributed by atoms with E-state index in [2.05, 4.69) is 33.3 Å². The molecule has 0 amide bonds. The summed E-state index contributed by atoms with van der Waals surface area (Å²) in [6.45, 7) is 3.72. The number of ether oxygens (including phenoxy) is 1. The maximum atomic E-state index is 5.32. The predicted molar refractivity (Wildman–Crippen MR) is 69.6 cm³/mol. The molecule has 0 aromatic heterocycles. The molecule has 2 rings (SSSR count). The quantitative estimate of drug-likeness (QED) is 0.833. The van der Waals surface area contributed by atoms with E-state index in [1.165, 1.54) is 9.79 Å². The van der Waals surface area contributed by atoms with E-state index in [1.807, 2.05) is 19.0 Å². The minimum atomic E-state index is 0.848. The molecule has 0 atom stereocenters. The van der Waals surface area contributed by atoms with Gasteiger partial charge >= 0.3 is 0 Å². The van der Waals surface area contributed by atoms with Crippen LogP contribution in [0.3, 0.4) is 0 Å². The molecule has 0 radical (unpaired) electrons. The molecule has 1 aromatic rings. The summed E-state index contributed by atoms with van der Waals surface area (Å²) in [4.78, 5) is 2.54. The highest BCUT2D eigenvalue weighted by atomic mass is 32.2. The van der Waals surface area contributed by atoms with Crippen LogP contribution in [-0.2, 0) is 4.74 Å². The fourth-order valence-electron chi connectivity index (χ4n) is 1.47. The van der Waals surface area contributed by atoms with Crippen molar-refractivity contribution in [3.8, 4) is 0 Å². The summed E-state index contributed by atoms with van der Waals surface area (Å²) in [7, 11) is 1.93. The zero-order valence-corrected chi connectivity index (χ0v) is 10.9. The monoisotopic (exact) mass is 256 g/mol. The predicted octanol–water partition coefficient (Wildman–Crippen LogP) is 2.25. The zero-order valence-electron chi connectivity index (χ0n) is 9.31. The third-order valence-electron chi connectivity index (χ3n) is 2.25. The third kappa shape index (κ3) is 3.68. The van der Waals surface area contributed by atoms with Crippen LogP contribution in [0, 0.1) is 0 Å². The van der Waals surface area contributed by atoms with Crippen molar-refractivity contribution in [2.75, 3.05) is 33.4 Å². The average Bonchev–Trinajstić information content (AvgIpc) is 2.33. The first-order valence-corrected chi connectivity index (χ1v) is 6.92. The lowest BCUT2D eigenvalue weighted by Gasteiger charge is -2.25. The molecule has 1 fully saturated rings. The van der Waals surface area contributed by atoms with Gasteiger partial charge in [-0.05, 0) is 55.2 Å². The average molecular weight is 256 g/mol. The van der Waals surface area contributed by atoms with Crippen molar-refractivity contribution in [3.05, 3.63) is 24.3 Å². The first-order chi connectivity index (χ1) is 7.88. The van der Waals surface area contributed by atoms with Gasteiger partial charge in [0.1, 0.15) is 0 Å². The van der Waals surface area contributed by atoms with E-state index in [-0.39, 0.29) is 0 Å². The van der Waals surface area contributed by atoms with Gasteiger partial charge in [-0.15, -0.1) is 0 Å². The molecule has 1 N–H and O–H groups in total. The highest BCUT2D eigenvalue weighted by molar-refractivity contribution is 7.97. The van der Waals surface area contributed by atoms with Gasteiger partial charge in [-0.1, -0.05) is 0 Å². The van der Waals surface area contributed by atoms with Crippen molar-refractivity contribution in [2.24, 2.45) is 0 Å². The molecule has 0 aliphatic carbocycles. The van der Waals surface area contributed by atoms with Gasteiger partial charge in [-0.2, -0.15) is 0 Å². The van der Waals surface area contributed by atoms with Gasteiger partial charge in [-0.3, -0.25) is 4.72 Å². The molecule has 1 saturated heterocycles. The number of nitrogens with one attached hydrogen (secondary N) is 1. The van der Waals surface area contributed by atoms with E-state index in [4.69, 9.17) is 4.74 Å². The van der Waals surface area contributed by atoms with E-state index in [0.29, 0.717) is 0 Å². The number of hydrogen-bond donors (Lipinski definition) is 1. The summed E-state index contributed by atoms with van der Waals surface area (Å²) >= 11 is 3.45. The number of rotatable bonds is 4. The molecule has 1 heterocycles.